The molecule has 0 bridgehead atoms. The van der Waals surface area contributed by atoms with Crippen LogP contribution in [0.1, 0.15) is 13.3 Å². The minimum absolute atomic E-state index is 0. The Morgan fingerprint density at radius 2 is 1.80 bits per heavy atom. The second kappa shape index (κ2) is 8.99. The van der Waals surface area contributed by atoms with Crippen molar-refractivity contribution in [3.63, 3.8) is 0 Å². The third-order valence-corrected chi connectivity index (χ3v) is 1.68. The van der Waals surface area contributed by atoms with Crippen LogP contribution in [-0.2, 0) is 0 Å². The van der Waals surface area contributed by atoms with Crippen molar-refractivity contribution >= 4 is 39.5 Å². The zero-order valence-corrected chi connectivity index (χ0v) is 7.89. The molecule has 0 aromatic carbocycles. The molecule has 0 spiro atoms. The molecule has 0 amide bonds. The Kier molecular flexibility index (Phi) is 17.2. The molecule has 0 aromatic heterocycles. The summed E-state index contributed by atoms with van der Waals surface area (Å²) in [4.78, 5) is 0. The normalized spacial score (nSPS) is 6.00. The average Bonchev–Trinajstić information content (AvgIpc) is 1.37. The van der Waals surface area contributed by atoms with Crippen molar-refractivity contribution in [2.24, 2.45) is 0 Å². The Morgan fingerprint density at radius 1 is 1.60 bits per heavy atom. The van der Waals surface area contributed by atoms with Gasteiger partial charge in [-0.25, -0.2) is 0 Å². The fraction of sp³-hybridized carbons (Fsp3) is 1.00. The Hall–Kier alpha value is 1.28. The molecular weight excluding hydrogens is 235 g/mol. The molecular formula is C3H8BrSn. The summed E-state index contributed by atoms with van der Waals surface area (Å²) in [6, 6.07) is 0. The van der Waals surface area contributed by atoms with Gasteiger partial charge < -0.3 is 0 Å². The van der Waals surface area contributed by atoms with Gasteiger partial charge in [0.05, 0.1) is 0 Å². The van der Waals surface area contributed by atoms with Crippen LogP contribution in [0.4, 0.5) is 0 Å². The standard InChI is InChI=1S/C3H7.BrH.Sn/c1-3-2;;/h1,3H2,2H3;1H;. The zero-order valence-electron chi connectivity index (χ0n) is 3.32. The van der Waals surface area contributed by atoms with Crippen molar-refractivity contribution in [2.75, 3.05) is 0 Å². The maximum absolute atomic E-state index is 2.20. The van der Waals surface area contributed by atoms with Gasteiger partial charge in [-0.1, -0.05) is 0 Å². The second-order valence-corrected chi connectivity index (χ2v) is 2.18. The molecule has 31 valence electrons. The van der Waals surface area contributed by atoms with E-state index in [1.54, 1.807) is 22.5 Å². The van der Waals surface area contributed by atoms with Gasteiger partial charge in [-0.15, -0.1) is 17.0 Å². The van der Waals surface area contributed by atoms with E-state index in [4.69, 9.17) is 0 Å². The van der Waals surface area contributed by atoms with Gasteiger partial charge in [-0.3, -0.25) is 0 Å². The first-order valence-electron chi connectivity index (χ1n) is 1.56. The zero-order chi connectivity index (χ0) is 3.41. The van der Waals surface area contributed by atoms with E-state index in [1.165, 1.54) is 10.9 Å². The van der Waals surface area contributed by atoms with Crippen molar-refractivity contribution in [1.29, 1.82) is 0 Å². The van der Waals surface area contributed by atoms with Crippen LogP contribution in [0.2, 0.25) is 4.44 Å². The summed E-state index contributed by atoms with van der Waals surface area (Å²) in [5.41, 5.74) is 0. The molecule has 0 aliphatic rings. The van der Waals surface area contributed by atoms with Crippen LogP contribution >= 0.6 is 17.0 Å². The van der Waals surface area contributed by atoms with Crippen molar-refractivity contribution in [2.45, 2.75) is 17.8 Å². The van der Waals surface area contributed by atoms with E-state index >= 15 is 0 Å². The average molecular weight is 243 g/mol. The van der Waals surface area contributed by atoms with Crippen LogP contribution in [0.5, 0.6) is 0 Å². The van der Waals surface area contributed by atoms with Gasteiger partial charge in [0, 0.05) is 0 Å². The fourth-order valence-electron chi connectivity index (χ4n) is 0. The van der Waals surface area contributed by atoms with E-state index in [9.17, 15) is 0 Å². The molecule has 0 atom stereocenters. The summed E-state index contributed by atoms with van der Waals surface area (Å²) in [7, 11) is 0. The van der Waals surface area contributed by atoms with Crippen molar-refractivity contribution in [3.8, 4) is 0 Å². The van der Waals surface area contributed by atoms with Crippen LogP contribution in [-0.4, -0.2) is 22.5 Å². The van der Waals surface area contributed by atoms with E-state index < -0.39 is 0 Å². The summed E-state index contributed by atoms with van der Waals surface area (Å²) in [5.74, 6) is 0. The molecule has 0 nitrogen and oxygen atoms in total. The SMILES string of the molecule is Br.CC[CH2][Sn]. The van der Waals surface area contributed by atoms with E-state index in [-0.39, 0.29) is 17.0 Å². The molecule has 0 aliphatic carbocycles. The first-order valence-corrected chi connectivity index (χ1v) is 3.58. The molecule has 2 heteroatoms. The fourth-order valence-corrected chi connectivity index (χ4v) is 0. The molecule has 0 saturated carbocycles. The predicted octanol–water partition coefficient (Wildman–Crippen LogP) is 1.56. The predicted molar refractivity (Wildman–Crippen MR) is 31.2 cm³/mol. The monoisotopic (exact) mass is 243 g/mol. The summed E-state index contributed by atoms with van der Waals surface area (Å²) in [6.07, 6.45) is 1.36. The van der Waals surface area contributed by atoms with Gasteiger partial charge >= 0.3 is 40.3 Å². The molecule has 0 N–H and O–H groups in total. The summed E-state index contributed by atoms with van der Waals surface area (Å²) in [5, 5.41) is 0. The van der Waals surface area contributed by atoms with E-state index in [1.807, 2.05) is 0 Å². The van der Waals surface area contributed by atoms with Crippen molar-refractivity contribution in [1.82, 2.24) is 0 Å². The Balaban J connectivity index is 0. The third-order valence-electron chi connectivity index (χ3n) is 0.250. The second-order valence-electron chi connectivity index (χ2n) is 0.750. The van der Waals surface area contributed by atoms with E-state index in [0.717, 1.165) is 0 Å². The molecule has 0 aromatic rings. The van der Waals surface area contributed by atoms with Crippen LogP contribution in [0.15, 0.2) is 0 Å². The first-order chi connectivity index (χ1) is 1.91. The Bertz CT molecular complexity index is 8.85. The third kappa shape index (κ3) is 10.9. The van der Waals surface area contributed by atoms with Gasteiger partial charge in [0.15, 0.2) is 0 Å². The molecule has 0 aliphatic heterocycles. The van der Waals surface area contributed by atoms with E-state index in [0.29, 0.717) is 0 Å². The quantitative estimate of drug-likeness (QED) is 0.613. The molecule has 0 fully saturated rings. The van der Waals surface area contributed by atoms with E-state index in [2.05, 4.69) is 6.92 Å². The number of hydrogen-bond acceptors (Lipinski definition) is 0. The van der Waals surface area contributed by atoms with Crippen LogP contribution in [0.25, 0.3) is 0 Å². The van der Waals surface area contributed by atoms with Crippen molar-refractivity contribution in [3.05, 3.63) is 0 Å². The first kappa shape index (κ1) is 9.56. The minimum atomic E-state index is 0. The Morgan fingerprint density at radius 3 is 1.80 bits per heavy atom. The number of hydrogen-bond donors (Lipinski definition) is 0. The molecule has 0 rings (SSSR count). The summed E-state index contributed by atoms with van der Waals surface area (Å²) < 4.78 is 1.41. The number of halogens is 1. The molecule has 0 unspecified atom stereocenters. The summed E-state index contributed by atoms with van der Waals surface area (Å²) in [6.45, 7) is 2.20. The maximum atomic E-state index is 2.20. The van der Waals surface area contributed by atoms with Crippen LogP contribution in [0.3, 0.4) is 0 Å². The van der Waals surface area contributed by atoms with Crippen LogP contribution in [0, 0.1) is 0 Å². The topological polar surface area (TPSA) is 0 Å². The number of rotatable bonds is 1. The molecule has 3 radical (unpaired) electrons. The Labute approximate surface area is 57.2 Å². The van der Waals surface area contributed by atoms with Gasteiger partial charge in [0.25, 0.3) is 0 Å². The van der Waals surface area contributed by atoms with Gasteiger partial charge in [0.1, 0.15) is 0 Å². The van der Waals surface area contributed by atoms with Crippen molar-refractivity contribution < 1.29 is 0 Å². The van der Waals surface area contributed by atoms with Crippen LogP contribution < -0.4 is 0 Å². The van der Waals surface area contributed by atoms with Gasteiger partial charge in [-0.2, -0.15) is 0 Å². The van der Waals surface area contributed by atoms with Gasteiger partial charge in [0.2, 0.25) is 0 Å². The molecule has 0 saturated heterocycles. The molecule has 0 heterocycles. The molecule has 5 heavy (non-hydrogen) atoms. The summed E-state index contributed by atoms with van der Waals surface area (Å²) >= 11 is 1.67. The van der Waals surface area contributed by atoms with Gasteiger partial charge in [-0.05, 0) is 0 Å².